The standard InChI is InChI=1S/C18H12ClN3O5/c19-12-4-6-16(23)15(9-12)18(24)21-20-10-14-5-7-17(27-14)11-2-1-3-13(8-11)22(25)26/h1-10,23H,(H,21,24)/b20-10+. The molecule has 0 bridgehead atoms. The van der Waals surface area contributed by atoms with E-state index in [0.717, 1.165) is 0 Å². The first-order valence-corrected chi connectivity index (χ1v) is 7.98. The number of nitro benzene ring substituents is 1. The van der Waals surface area contributed by atoms with E-state index < -0.39 is 10.8 Å². The van der Waals surface area contributed by atoms with Crippen molar-refractivity contribution in [3.63, 3.8) is 0 Å². The van der Waals surface area contributed by atoms with E-state index in [9.17, 15) is 20.0 Å². The van der Waals surface area contributed by atoms with Crippen LogP contribution in [0.1, 0.15) is 16.1 Å². The molecule has 0 radical (unpaired) electrons. The van der Waals surface area contributed by atoms with Crippen LogP contribution in [0.3, 0.4) is 0 Å². The van der Waals surface area contributed by atoms with Gasteiger partial charge in [0.05, 0.1) is 16.7 Å². The molecule has 0 aliphatic rings. The Hall–Kier alpha value is -3.65. The number of hydrogen-bond donors (Lipinski definition) is 2. The lowest BCUT2D eigenvalue weighted by Gasteiger charge is -2.02. The molecule has 1 heterocycles. The highest BCUT2D eigenvalue weighted by Gasteiger charge is 2.12. The lowest BCUT2D eigenvalue weighted by atomic mass is 10.1. The van der Waals surface area contributed by atoms with E-state index in [2.05, 4.69) is 10.5 Å². The zero-order valence-electron chi connectivity index (χ0n) is 13.6. The summed E-state index contributed by atoms with van der Waals surface area (Å²) in [7, 11) is 0. The predicted octanol–water partition coefficient (Wildman–Crippen LogP) is 3.98. The van der Waals surface area contributed by atoms with Crippen molar-refractivity contribution in [2.45, 2.75) is 0 Å². The Balaban J connectivity index is 1.70. The van der Waals surface area contributed by atoms with Crippen LogP contribution >= 0.6 is 11.6 Å². The number of rotatable bonds is 5. The van der Waals surface area contributed by atoms with Gasteiger partial charge >= 0.3 is 0 Å². The minimum absolute atomic E-state index is 0.0172. The Morgan fingerprint density at radius 3 is 2.81 bits per heavy atom. The van der Waals surface area contributed by atoms with Crippen molar-refractivity contribution in [1.29, 1.82) is 0 Å². The molecule has 1 amide bonds. The van der Waals surface area contributed by atoms with E-state index in [4.69, 9.17) is 16.0 Å². The summed E-state index contributed by atoms with van der Waals surface area (Å²) >= 11 is 5.80. The van der Waals surface area contributed by atoms with Crippen molar-refractivity contribution in [3.05, 3.63) is 81.1 Å². The number of nitro groups is 1. The number of nitrogens with zero attached hydrogens (tertiary/aromatic N) is 2. The highest BCUT2D eigenvalue weighted by molar-refractivity contribution is 6.31. The minimum Gasteiger partial charge on any atom is -0.507 e. The molecule has 0 saturated carbocycles. The highest BCUT2D eigenvalue weighted by Crippen LogP contribution is 2.25. The molecule has 9 heteroatoms. The van der Waals surface area contributed by atoms with Gasteiger partial charge in [-0.25, -0.2) is 5.43 Å². The summed E-state index contributed by atoms with van der Waals surface area (Å²) in [5.41, 5.74) is 2.72. The quantitative estimate of drug-likeness (QED) is 0.391. The third-order valence-corrected chi connectivity index (χ3v) is 3.76. The van der Waals surface area contributed by atoms with Crippen LogP contribution in [0.2, 0.25) is 5.02 Å². The molecular weight excluding hydrogens is 374 g/mol. The van der Waals surface area contributed by atoms with Gasteiger partial charge in [0.25, 0.3) is 11.6 Å². The van der Waals surface area contributed by atoms with Crippen LogP contribution < -0.4 is 5.43 Å². The van der Waals surface area contributed by atoms with Crippen molar-refractivity contribution in [1.82, 2.24) is 5.43 Å². The summed E-state index contributed by atoms with van der Waals surface area (Å²) in [6.07, 6.45) is 1.26. The maximum atomic E-state index is 12.0. The average molecular weight is 386 g/mol. The number of aromatic hydroxyl groups is 1. The van der Waals surface area contributed by atoms with E-state index in [1.807, 2.05) is 0 Å². The molecule has 3 aromatic rings. The number of phenolic OH excluding ortho intramolecular Hbond substituents is 1. The second-order valence-electron chi connectivity index (χ2n) is 5.37. The fraction of sp³-hybridized carbons (Fsp3) is 0. The van der Waals surface area contributed by atoms with Crippen LogP contribution in [0.5, 0.6) is 5.75 Å². The Kier molecular flexibility index (Phi) is 5.18. The number of amides is 1. The number of carbonyl (C=O) groups is 1. The Bertz CT molecular complexity index is 1040. The normalized spacial score (nSPS) is 10.9. The van der Waals surface area contributed by atoms with Gasteiger partial charge < -0.3 is 9.52 Å². The van der Waals surface area contributed by atoms with Gasteiger partial charge in [-0.3, -0.25) is 14.9 Å². The van der Waals surface area contributed by atoms with E-state index in [1.165, 1.54) is 36.5 Å². The molecule has 8 nitrogen and oxygen atoms in total. The Morgan fingerprint density at radius 1 is 1.22 bits per heavy atom. The zero-order chi connectivity index (χ0) is 19.4. The van der Waals surface area contributed by atoms with Crippen LogP contribution in [-0.2, 0) is 0 Å². The van der Waals surface area contributed by atoms with E-state index in [0.29, 0.717) is 22.1 Å². The van der Waals surface area contributed by atoms with Crippen molar-refractivity contribution in [2.24, 2.45) is 5.10 Å². The van der Waals surface area contributed by atoms with Crippen LogP contribution in [0.4, 0.5) is 5.69 Å². The van der Waals surface area contributed by atoms with Crippen molar-refractivity contribution in [3.8, 4) is 17.1 Å². The van der Waals surface area contributed by atoms with E-state index in [-0.39, 0.29) is 17.0 Å². The number of halogens is 1. The summed E-state index contributed by atoms with van der Waals surface area (Å²) in [6, 6.07) is 13.3. The Labute approximate surface area is 157 Å². The van der Waals surface area contributed by atoms with Gasteiger partial charge in [0.15, 0.2) is 0 Å². The van der Waals surface area contributed by atoms with E-state index in [1.54, 1.807) is 24.3 Å². The second-order valence-corrected chi connectivity index (χ2v) is 5.81. The Morgan fingerprint density at radius 2 is 2.04 bits per heavy atom. The van der Waals surface area contributed by atoms with Crippen LogP contribution in [0.25, 0.3) is 11.3 Å². The highest BCUT2D eigenvalue weighted by atomic mass is 35.5. The van der Waals surface area contributed by atoms with Crippen molar-refractivity contribution >= 4 is 29.4 Å². The van der Waals surface area contributed by atoms with Gasteiger partial charge in [-0.2, -0.15) is 5.10 Å². The van der Waals surface area contributed by atoms with E-state index >= 15 is 0 Å². The molecule has 0 aliphatic carbocycles. The number of hydrogen-bond acceptors (Lipinski definition) is 6. The molecule has 0 atom stereocenters. The molecule has 1 aromatic heterocycles. The lowest BCUT2D eigenvalue weighted by molar-refractivity contribution is -0.384. The number of phenols is 1. The zero-order valence-corrected chi connectivity index (χ0v) is 14.4. The van der Waals surface area contributed by atoms with Gasteiger partial charge in [-0.1, -0.05) is 23.7 Å². The van der Waals surface area contributed by atoms with Gasteiger partial charge in [0.1, 0.15) is 17.3 Å². The number of carbonyl (C=O) groups excluding carboxylic acids is 1. The monoisotopic (exact) mass is 385 g/mol. The summed E-state index contributed by atoms with van der Waals surface area (Å²) in [5.74, 6) is -0.124. The topological polar surface area (TPSA) is 118 Å². The summed E-state index contributed by atoms with van der Waals surface area (Å²) < 4.78 is 5.54. The lowest BCUT2D eigenvalue weighted by Crippen LogP contribution is -2.17. The number of hydrazone groups is 1. The third-order valence-electron chi connectivity index (χ3n) is 3.53. The molecule has 0 unspecified atom stereocenters. The van der Waals surface area contributed by atoms with Crippen molar-refractivity contribution in [2.75, 3.05) is 0 Å². The molecule has 3 rings (SSSR count). The first-order chi connectivity index (χ1) is 12.9. The number of non-ortho nitro benzene ring substituents is 1. The molecule has 2 aromatic carbocycles. The molecule has 0 saturated heterocycles. The average Bonchev–Trinajstić information content (AvgIpc) is 3.12. The maximum Gasteiger partial charge on any atom is 0.275 e. The first kappa shape index (κ1) is 18.2. The molecule has 136 valence electrons. The van der Waals surface area contributed by atoms with Crippen LogP contribution in [-0.4, -0.2) is 22.2 Å². The molecule has 0 aliphatic heterocycles. The van der Waals surface area contributed by atoms with Gasteiger partial charge in [-0.15, -0.1) is 0 Å². The fourth-order valence-corrected chi connectivity index (χ4v) is 2.43. The molecule has 27 heavy (non-hydrogen) atoms. The minimum atomic E-state index is -0.642. The second kappa shape index (κ2) is 7.71. The summed E-state index contributed by atoms with van der Waals surface area (Å²) in [4.78, 5) is 22.4. The molecular formula is C18H12ClN3O5. The number of nitrogens with one attached hydrogen (secondary N) is 1. The van der Waals surface area contributed by atoms with Crippen molar-refractivity contribution < 1.29 is 19.2 Å². The number of furan rings is 1. The maximum absolute atomic E-state index is 12.0. The first-order valence-electron chi connectivity index (χ1n) is 7.60. The summed E-state index contributed by atoms with van der Waals surface area (Å²) in [6.45, 7) is 0. The smallest absolute Gasteiger partial charge is 0.275 e. The molecule has 2 N–H and O–H groups in total. The molecule has 0 fully saturated rings. The van der Waals surface area contributed by atoms with Gasteiger partial charge in [-0.05, 0) is 30.3 Å². The third kappa shape index (κ3) is 4.31. The predicted molar refractivity (Wildman–Crippen MR) is 99.0 cm³/mol. The SMILES string of the molecule is O=C(N/N=C/c1ccc(-c2cccc([N+](=O)[O-])c2)o1)c1cc(Cl)ccc1O. The van der Waals surface area contributed by atoms with Crippen LogP contribution in [0, 0.1) is 10.1 Å². The fourth-order valence-electron chi connectivity index (χ4n) is 2.25. The molecule has 0 spiro atoms. The summed E-state index contributed by atoms with van der Waals surface area (Å²) in [5, 5.41) is 24.6. The van der Waals surface area contributed by atoms with Crippen LogP contribution in [0.15, 0.2) is 64.1 Å². The largest absolute Gasteiger partial charge is 0.507 e. The van der Waals surface area contributed by atoms with Gasteiger partial charge in [0.2, 0.25) is 0 Å². The van der Waals surface area contributed by atoms with Gasteiger partial charge in [0, 0.05) is 22.7 Å². The number of benzene rings is 2.